The van der Waals surface area contributed by atoms with Crippen molar-refractivity contribution in [1.82, 2.24) is 0 Å². The highest BCUT2D eigenvalue weighted by molar-refractivity contribution is 5.93. The number of carbonyl (C=O) groups is 2. The van der Waals surface area contributed by atoms with E-state index in [2.05, 4.69) is 0 Å². The standard InChI is InChI=1S/C10H16O6/c1-3-15-9(7(11)12)5-6-10(9,8(13)14)16-4-2/h3-6H2,1-2H3,(H,11,12)(H,13,14). The van der Waals surface area contributed by atoms with Gasteiger partial charge in [0.05, 0.1) is 0 Å². The molecule has 16 heavy (non-hydrogen) atoms. The van der Waals surface area contributed by atoms with Crippen LogP contribution in [0.1, 0.15) is 26.7 Å². The Morgan fingerprint density at radius 3 is 1.44 bits per heavy atom. The van der Waals surface area contributed by atoms with E-state index in [1.807, 2.05) is 0 Å². The molecule has 2 unspecified atom stereocenters. The van der Waals surface area contributed by atoms with Crippen LogP contribution in [-0.2, 0) is 19.1 Å². The molecule has 2 atom stereocenters. The molecule has 0 aromatic rings. The largest absolute Gasteiger partial charge is 0.479 e. The predicted molar refractivity (Wildman–Crippen MR) is 53.2 cm³/mol. The molecule has 1 rings (SSSR count). The second-order valence-electron chi connectivity index (χ2n) is 3.63. The highest BCUT2D eigenvalue weighted by Crippen LogP contribution is 2.48. The Kier molecular flexibility index (Phi) is 3.54. The third kappa shape index (κ3) is 1.49. The molecule has 0 heterocycles. The van der Waals surface area contributed by atoms with E-state index in [0.29, 0.717) is 0 Å². The minimum Gasteiger partial charge on any atom is -0.479 e. The average molecular weight is 232 g/mol. The molecule has 0 aliphatic heterocycles. The molecule has 1 fully saturated rings. The number of aliphatic carboxylic acids is 2. The van der Waals surface area contributed by atoms with Gasteiger partial charge in [-0.2, -0.15) is 0 Å². The van der Waals surface area contributed by atoms with Crippen LogP contribution >= 0.6 is 0 Å². The molecular weight excluding hydrogens is 216 g/mol. The van der Waals surface area contributed by atoms with E-state index in [9.17, 15) is 9.59 Å². The second-order valence-corrected chi connectivity index (χ2v) is 3.63. The molecule has 0 bridgehead atoms. The quantitative estimate of drug-likeness (QED) is 0.692. The van der Waals surface area contributed by atoms with Crippen molar-refractivity contribution in [3.8, 4) is 0 Å². The lowest BCUT2D eigenvalue weighted by Crippen LogP contribution is -2.73. The minimum absolute atomic E-state index is 0.133. The Hall–Kier alpha value is -1.14. The minimum atomic E-state index is -1.75. The number of rotatable bonds is 6. The molecule has 92 valence electrons. The molecule has 0 aromatic heterocycles. The maximum atomic E-state index is 11.2. The Labute approximate surface area is 93.2 Å². The smallest absolute Gasteiger partial charge is 0.339 e. The van der Waals surface area contributed by atoms with Crippen molar-refractivity contribution in [1.29, 1.82) is 0 Å². The SMILES string of the molecule is CCOC1(C(=O)O)CCC1(OCC)C(=O)O. The maximum Gasteiger partial charge on any atom is 0.339 e. The van der Waals surface area contributed by atoms with Gasteiger partial charge in [0.2, 0.25) is 11.2 Å². The summed E-state index contributed by atoms with van der Waals surface area (Å²) in [7, 11) is 0. The van der Waals surface area contributed by atoms with Gasteiger partial charge in [-0.25, -0.2) is 9.59 Å². The van der Waals surface area contributed by atoms with Gasteiger partial charge in [0.25, 0.3) is 0 Å². The topological polar surface area (TPSA) is 93.1 Å². The summed E-state index contributed by atoms with van der Waals surface area (Å²) in [5.41, 5.74) is -3.49. The average Bonchev–Trinajstić information content (AvgIpc) is 2.19. The maximum absolute atomic E-state index is 11.2. The highest BCUT2D eigenvalue weighted by atomic mass is 16.6. The lowest BCUT2D eigenvalue weighted by molar-refractivity contribution is -0.265. The third-order valence-corrected chi connectivity index (χ3v) is 2.95. The molecule has 1 saturated carbocycles. The highest BCUT2D eigenvalue weighted by Gasteiger charge is 2.71. The van der Waals surface area contributed by atoms with E-state index in [-0.39, 0.29) is 26.1 Å². The first-order chi connectivity index (χ1) is 7.47. The van der Waals surface area contributed by atoms with Gasteiger partial charge in [-0.3, -0.25) is 0 Å². The first-order valence-corrected chi connectivity index (χ1v) is 5.21. The third-order valence-electron chi connectivity index (χ3n) is 2.95. The van der Waals surface area contributed by atoms with Crippen molar-refractivity contribution in [3.63, 3.8) is 0 Å². The second kappa shape index (κ2) is 4.39. The predicted octanol–water partition coefficient (Wildman–Crippen LogP) is 0.500. The van der Waals surface area contributed by atoms with E-state index in [1.165, 1.54) is 0 Å². The van der Waals surface area contributed by atoms with Crippen molar-refractivity contribution < 1.29 is 29.3 Å². The molecule has 0 saturated heterocycles. The van der Waals surface area contributed by atoms with Crippen LogP contribution in [0.3, 0.4) is 0 Å². The van der Waals surface area contributed by atoms with Gasteiger partial charge in [0, 0.05) is 13.2 Å². The molecule has 0 aromatic carbocycles. The van der Waals surface area contributed by atoms with E-state index >= 15 is 0 Å². The van der Waals surface area contributed by atoms with Crippen LogP contribution in [0.5, 0.6) is 0 Å². The monoisotopic (exact) mass is 232 g/mol. The van der Waals surface area contributed by atoms with Crippen LogP contribution in [-0.4, -0.2) is 46.6 Å². The van der Waals surface area contributed by atoms with Crippen LogP contribution in [0.25, 0.3) is 0 Å². The van der Waals surface area contributed by atoms with Gasteiger partial charge >= 0.3 is 11.9 Å². The van der Waals surface area contributed by atoms with Crippen molar-refractivity contribution in [2.24, 2.45) is 0 Å². The Morgan fingerprint density at radius 1 is 1.00 bits per heavy atom. The van der Waals surface area contributed by atoms with E-state index in [0.717, 1.165) is 0 Å². The van der Waals surface area contributed by atoms with E-state index in [1.54, 1.807) is 13.8 Å². The Morgan fingerprint density at radius 2 is 1.31 bits per heavy atom. The van der Waals surface area contributed by atoms with Crippen molar-refractivity contribution in [2.45, 2.75) is 37.9 Å². The Bertz CT molecular complexity index is 272. The lowest BCUT2D eigenvalue weighted by Gasteiger charge is -2.51. The van der Waals surface area contributed by atoms with Gasteiger partial charge < -0.3 is 19.7 Å². The molecule has 2 N–H and O–H groups in total. The fraction of sp³-hybridized carbons (Fsp3) is 0.800. The number of hydrogen-bond donors (Lipinski definition) is 2. The number of carboxylic acid groups (broad SMARTS) is 2. The molecule has 0 radical (unpaired) electrons. The summed E-state index contributed by atoms with van der Waals surface area (Å²) in [5.74, 6) is -2.56. The number of carboxylic acids is 2. The molecule has 0 amide bonds. The van der Waals surface area contributed by atoms with Crippen LogP contribution in [0.15, 0.2) is 0 Å². The zero-order valence-corrected chi connectivity index (χ0v) is 9.36. The summed E-state index contributed by atoms with van der Waals surface area (Å²) >= 11 is 0. The lowest BCUT2D eigenvalue weighted by atomic mass is 9.64. The first-order valence-electron chi connectivity index (χ1n) is 5.21. The van der Waals surface area contributed by atoms with E-state index in [4.69, 9.17) is 19.7 Å². The zero-order valence-electron chi connectivity index (χ0n) is 9.36. The summed E-state index contributed by atoms with van der Waals surface area (Å²) < 4.78 is 10.3. The van der Waals surface area contributed by atoms with Crippen LogP contribution in [0.2, 0.25) is 0 Å². The molecule has 6 heteroatoms. The fourth-order valence-electron chi connectivity index (χ4n) is 2.13. The molecule has 1 aliphatic rings. The summed E-state index contributed by atoms with van der Waals surface area (Å²) in [6, 6.07) is 0. The van der Waals surface area contributed by atoms with Crippen molar-refractivity contribution in [2.75, 3.05) is 13.2 Å². The Balaban J connectivity index is 3.09. The molecular formula is C10H16O6. The first kappa shape index (κ1) is 12.9. The molecule has 1 aliphatic carbocycles. The van der Waals surface area contributed by atoms with Gasteiger partial charge in [-0.1, -0.05) is 0 Å². The van der Waals surface area contributed by atoms with Crippen LogP contribution in [0, 0.1) is 0 Å². The molecule has 0 spiro atoms. The van der Waals surface area contributed by atoms with Gasteiger partial charge in [-0.05, 0) is 26.7 Å². The van der Waals surface area contributed by atoms with Crippen LogP contribution in [0.4, 0.5) is 0 Å². The van der Waals surface area contributed by atoms with Gasteiger partial charge in [0.1, 0.15) is 0 Å². The summed E-state index contributed by atoms with van der Waals surface area (Å²) in [5, 5.41) is 18.3. The summed E-state index contributed by atoms with van der Waals surface area (Å²) in [6.07, 6.45) is 0.310. The zero-order chi connectivity index (χ0) is 12.4. The molecule has 6 nitrogen and oxygen atoms in total. The summed E-state index contributed by atoms with van der Waals surface area (Å²) in [6.45, 7) is 3.52. The number of ether oxygens (including phenoxy) is 2. The van der Waals surface area contributed by atoms with Crippen molar-refractivity contribution >= 4 is 11.9 Å². The van der Waals surface area contributed by atoms with E-state index < -0.39 is 23.1 Å². The summed E-state index contributed by atoms with van der Waals surface area (Å²) in [4.78, 5) is 22.4. The number of hydrogen-bond acceptors (Lipinski definition) is 4. The fourth-order valence-corrected chi connectivity index (χ4v) is 2.13. The van der Waals surface area contributed by atoms with Gasteiger partial charge in [-0.15, -0.1) is 0 Å². The normalized spacial score (nSPS) is 33.1. The van der Waals surface area contributed by atoms with Crippen LogP contribution < -0.4 is 0 Å². The van der Waals surface area contributed by atoms with Crippen molar-refractivity contribution in [3.05, 3.63) is 0 Å². The van der Waals surface area contributed by atoms with Gasteiger partial charge in [0.15, 0.2) is 0 Å².